The van der Waals surface area contributed by atoms with Gasteiger partial charge in [0.05, 0.1) is 6.61 Å². The highest BCUT2D eigenvalue weighted by Gasteiger charge is 2.27. The molecule has 0 saturated carbocycles. The highest BCUT2D eigenvalue weighted by molar-refractivity contribution is 5.93. The fourth-order valence-corrected chi connectivity index (χ4v) is 2.01. The Kier molecular flexibility index (Phi) is 5.97. The van der Waals surface area contributed by atoms with E-state index in [0.29, 0.717) is 5.56 Å². The van der Waals surface area contributed by atoms with Crippen molar-refractivity contribution in [3.8, 4) is 0 Å². The van der Waals surface area contributed by atoms with Gasteiger partial charge in [-0.15, -0.1) is 0 Å². The zero-order valence-electron chi connectivity index (χ0n) is 13.5. The van der Waals surface area contributed by atoms with Crippen molar-refractivity contribution < 1.29 is 22.7 Å². The molecule has 0 aliphatic rings. The Morgan fingerprint density at radius 1 is 1.16 bits per heavy atom. The fraction of sp³-hybridized carbons (Fsp3) is 0.294. The van der Waals surface area contributed by atoms with Crippen LogP contribution in [0.15, 0.2) is 47.4 Å². The Bertz CT molecular complexity index is 783. The predicted molar refractivity (Wildman–Crippen MR) is 85.0 cm³/mol. The summed E-state index contributed by atoms with van der Waals surface area (Å²) in [6, 6.07) is 9.44. The van der Waals surface area contributed by atoms with Crippen LogP contribution in [-0.2, 0) is 24.9 Å². The Balaban J connectivity index is 1.85. The molecule has 1 aromatic carbocycles. The Morgan fingerprint density at radius 3 is 2.40 bits per heavy atom. The highest BCUT2D eigenvalue weighted by Crippen LogP contribution is 2.15. The van der Waals surface area contributed by atoms with E-state index in [2.05, 4.69) is 10.1 Å². The van der Waals surface area contributed by atoms with Gasteiger partial charge in [0.15, 0.2) is 0 Å². The van der Waals surface area contributed by atoms with E-state index in [-0.39, 0.29) is 30.2 Å². The quantitative estimate of drug-likeness (QED) is 0.867. The van der Waals surface area contributed by atoms with Gasteiger partial charge in [-0.25, -0.2) is 0 Å². The number of amides is 1. The lowest BCUT2D eigenvalue weighted by Gasteiger charge is -2.09. The molecule has 5 nitrogen and oxygen atoms in total. The van der Waals surface area contributed by atoms with Crippen molar-refractivity contribution in [1.29, 1.82) is 0 Å². The summed E-state index contributed by atoms with van der Waals surface area (Å²) >= 11 is 0. The Hall–Kier alpha value is -2.61. The van der Waals surface area contributed by atoms with Gasteiger partial charge in [0.1, 0.15) is 6.61 Å². The molecule has 0 fully saturated rings. The minimum atomic E-state index is -4.34. The number of benzene rings is 1. The summed E-state index contributed by atoms with van der Waals surface area (Å²) in [6.45, 7) is -1.20. The second kappa shape index (κ2) is 7.98. The molecule has 0 saturated heterocycles. The second-order valence-corrected chi connectivity index (χ2v) is 5.47. The average Bonchev–Trinajstić information content (AvgIpc) is 2.55. The normalized spacial score (nSPS) is 11.4. The van der Waals surface area contributed by atoms with Crippen LogP contribution in [-0.4, -0.2) is 23.3 Å². The number of rotatable bonds is 6. The molecular formula is C17H17F3N2O3. The number of pyridine rings is 1. The number of aromatic nitrogens is 1. The number of carbonyl (C=O) groups is 1. The van der Waals surface area contributed by atoms with Crippen LogP contribution in [0.1, 0.15) is 21.5 Å². The lowest BCUT2D eigenvalue weighted by molar-refractivity contribution is -0.176. The molecule has 1 N–H and O–H groups in total. The SMILES string of the molecule is Cn1ccc(C(=O)NCc2ccc(COCC(F)(F)F)cc2)cc1=O. The smallest absolute Gasteiger partial charge is 0.367 e. The second-order valence-electron chi connectivity index (χ2n) is 5.47. The van der Waals surface area contributed by atoms with Crippen LogP contribution in [0.25, 0.3) is 0 Å². The molecular weight excluding hydrogens is 337 g/mol. The summed E-state index contributed by atoms with van der Waals surface area (Å²) in [5.74, 6) is -0.379. The molecule has 134 valence electrons. The number of halogens is 3. The molecule has 0 unspecified atom stereocenters. The van der Waals surface area contributed by atoms with Gasteiger partial charge in [0.2, 0.25) is 0 Å². The maximum absolute atomic E-state index is 12.0. The summed E-state index contributed by atoms with van der Waals surface area (Å²) in [4.78, 5) is 23.5. The van der Waals surface area contributed by atoms with Crippen LogP contribution < -0.4 is 10.9 Å². The van der Waals surface area contributed by atoms with E-state index in [0.717, 1.165) is 5.56 Å². The fourth-order valence-electron chi connectivity index (χ4n) is 2.01. The molecule has 25 heavy (non-hydrogen) atoms. The van der Waals surface area contributed by atoms with Crippen LogP contribution in [0.5, 0.6) is 0 Å². The van der Waals surface area contributed by atoms with Crippen LogP contribution in [0.3, 0.4) is 0 Å². The van der Waals surface area contributed by atoms with Crippen molar-refractivity contribution in [2.24, 2.45) is 7.05 Å². The summed E-state index contributed by atoms with van der Waals surface area (Å²) in [6.07, 6.45) is -2.84. The lowest BCUT2D eigenvalue weighted by Crippen LogP contribution is -2.25. The lowest BCUT2D eigenvalue weighted by atomic mass is 10.1. The first-order valence-corrected chi connectivity index (χ1v) is 7.42. The van der Waals surface area contributed by atoms with E-state index in [9.17, 15) is 22.8 Å². The number of alkyl halides is 3. The third-order valence-electron chi connectivity index (χ3n) is 3.38. The molecule has 1 heterocycles. The van der Waals surface area contributed by atoms with Gasteiger partial charge in [0, 0.05) is 31.4 Å². The summed E-state index contributed by atoms with van der Waals surface area (Å²) in [7, 11) is 1.59. The number of nitrogens with zero attached hydrogens (tertiary/aromatic N) is 1. The van der Waals surface area contributed by atoms with Gasteiger partial charge in [-0.3, -0.25) is 9.59 Å². The molecule has 0 radical (unpaired) electrons. The van der Waals surface area contributed by atoms with Gasteiger partial charge in [0.25, 0.3) is 11.5 Å². The molecule has 0 aliphatic heterocycles. The van der Waals surface area contributed by atoms with Crippen LogP contribution in [0.4, 0.5) is 13.2 Å². The monoisotopic (exact) mass is 354 g/mol. The maximum Gasteiger partial charge on any atom is 0.411 e. The highest BCUT2D eigenvalue weighted by atomic mass is 19.4. The van der Waals surface area contributed by atoms with Gasteiger partial charge in [-0.1, -0.05) is 24.3 Å². The van der Waals surface area contributed by atoms with Gasteiger partial charge in [-0.05, 0) is 17.2 Å². The minimum Gasteiger partial charge on any atom is -0.367 e. The van der Waals surface area contributed by atoms with Crippen molar-refractivity contribution in [2.75, 3.05) is 6.61 Å². The number of nitrogens with one attached hydrogen (secondary N) is 1. The topological polar surface area (TPSA) is 60.3 Å². The number of carbonyl (C=O) groups excluding carboxylic acids is 1. The predicted octanol–water partition coefficient (Wildman–Crippen LogP) is 2.39. The minimum absolute atomic E-state index is 0.139. The number of aryl methyl sites for hydroxylation is 1. The Morgan fingerprint density at radius 2 is 1.80 bits per heavy atom. The average molecular weight is 354 g/mol. The van der Waals surface area contributed by atoms with Crippen LogP contribution in [0.2, 0.25) is 0 Å². The molecule has 2 rings (SSSR count). The van der Waals surface area contributed by atoms with E-state index in [4.69, 9.17) is 0 Å². The van der Waals surface area contributed by atoms with Crippen molar-refractivity contribution in [2.45, 2.75) is 19.3 Å². The summed E-state index contributed by atoms with van der Waals surface area (Å²) < 4.78 is 41.9. The van der Waals surface area contributed by atoms with Gasteiger partial charge >= 0.3 is 6.18 Å². The number of ether oxygens (including phenoxy) is 1. The first kappa shape index (κ1) is 18.7. The van der Waals surface area contributed by atoms with Crippen molar-refractivity contribution in [3.05, 3.63) is 69.6 Å². The maximum atomic E-state index is 12.0. The molecule has 8 heteroatoms. The summed E-state index contributed by atoms with van der Waals surface area (Å²) in [5.41, 5.74) is 1.36. The zero-order valence-corrected chi connectivity index (χ0v) is 13.5. The van der Waals surface area contributed by atoms with E-state index >= 15 is 0 Å². The molecule has 0 bridgehead atoms. The number of hydrogen-bond acceptors (Lipinski definition) is 3. The third-order valence-corrected chi connectivity index (χ3v) is 3.38. The Labute approximate surface area is 142 Å². The van der Waals surface area contributed by atoms with Gasteiger partial charge in [-0.2, -0.15) is 13.2 Å². The van der Waals surface area contributed by atoms with Crippen molar-refractivity contribution >= 4 is 5.91 Å². The van der Waals surface area contributed by atoms with Crippen molar-refractivity contribution in [3.63, 3.8) is 0 Å². The van der Waals surface area contributed by atoms with Gasteiger partial charge < -0.3 is 14.6 Å². The molecule has 1 amide bonds. The molecule has 0 aliphatic carbocycles. The van der Waals surface area contributed by atoms with Crippen molar-refractivity contribution in [1.82, 2.24) is 9.88 Å². The van der Waals surface area contributed by atoms with E-state index < -0.39 is 12.8 Å². The summed E-state index contributed by atoms with van der Waals surface area (Å²) in [5, 5.41) is 2.68. The first-order chi connectivity index (χ1) is 11.7. The molecule has 1 aromatic heterocycles. The first-order valence-electron chi connectivity index (χ1n) is 7.42. The van der Waals surface area contributed by atoms with E-state index in [1.807, 2.05) is 0 Å². The standard InChI is InChI=1S/C17H17F3N2O3/c1-22-7-6-14(8-15(22)23)16(24)21-9-12-2-4-13(5-3-12)10-25-11-17(18,19)20/h2-8H,9-11H2,1H3,(H,21,24). The molecule has 0 spiro atoms. The number of hydrogen-bond donors (Lipinski definition) is 1. The molecule has 2 aromatic rings. The molecule has 0 atom stereocenters. The van der Waals surface area contributed by atoms with E-state index in [1.165, 1.54) is 22.9 Å². The zero-order chi connectivity index (χ0) is 18.4. The largest absolute Gasteiger partial charge is 0.411 e. The third kappa shape index (κ3) is 6.07. The van der Waals surface area contributed by atoms with E-state index in [1.54, 1.807) is 31.3 Å². The van der Waals surface area contributed by atoms with Crippen LogP contribution >= 0.6 is 0 Å². The van der Waals surface area contributed by atoms with Crippen LogP contribution in [0, 0.1) is 0 Å².